The highest BCUT2D eigenvalue weighted by Gasteiger charge is 2.43. The fourth-order valence-corrected chi connectivity index (χ4v) is 2.72. The molecule has 0 spiro atoms. The summed E-state index contributed by atoms with van der Waals surface area (Å²) in [5.41, 5.74) is -0.362. The number of aliphatic hydroxyl groups excluding tert-OH is 3. The third kappa shape index (κ3) is 2.35. The zero-order valence-electron chi connectivity index (χ0n) is 10.9. The van der Waals surface area contributed by atoms with Gasteiger partial charge in [-0.25, -0.2) is 0 Å². The van der Waals surface area contributed by atoms with Gasteiger partial charge < -0.3 is 20.1 Å². The van der Waals surface area contributed by atoms with Gasteiger partial charge in [0.2, 0.25) is 0 Å². The Balaban J connectivity index is 2.08. The largest absolute Gasteiger partial charge is 0.394 e. The van der Waals surface area contributed by atoms with Crippen LogP contribution in [0.1, 0.15) is 6.23 Å². The molecule has 2 aromatic rings. The van der Waals surface area contributed by atoms with Gasteiger partial charge >= 0.3 is 0 Å². The minimum Gasteiger partial charge on any atom is -0.394 e. The molecule has 7 heteroatoms. The molecular weight excluding hydrogens is 298 g/mol. The quantitative estimate of drug-likeness (QED) is 0.740. The van der Waals surface area contributed by atoms with Crippen molar-refractivity contribution in [3.05, 3.63) is 45.8 Å². The number of aliphatic hydroxyl groups is 3. The maximum absolute atomic E-state index is 12.5. The molecule has 0 bridgehead atoms. The first kappa shape index (κ1) is 14.5. The lowest BCUT2D eigenvalue weighted by molar-refractivity contribution is -0.0541. The molecule has 1 aliphatic heterocycles. The van der Waals surface area contributed by atoms with Crippen LogP contribution in [0.15, 0.2) is 35.3 Å². The molecule has 6 nitrogen and oxygen atoms in total. The molecule has 3 N–H and O–H groups in total. The van der Waals surface area contributed by atoms with E-state index in [1.54, 1.807) is 24.3 Å². The number of pyridine rings is 1. The van der Waals surface area contributed by atoms with E-state index in [1.165, 1.54) is 10.8 Å². The molecule has 1 aromatic heterocycles. The molecule has 112 valence electrons. The van der Waals surface area contributed by atoms with E-state index >= 15 is 0 Å². The van der Waals surface area contributed by atoms with Gasteiger partial charge in [0.15, 0.2) is 6.23 Å². The minimum atomic E-state index is -1.29. The number of halogens is 1. The molecule has 1 aromatic carbocycles. The second-order valence-corrected chi connectivity index (χ2v) is 5.43. The van der Waals surface area contributed by atoms with Gasteiger partial charge in [0.05, 0.1) is 6.61 Å². The number of hydrogen-bond donors (Lipinski definition) is 3. The average Bonchev–Trinajstić information content (AvgIpc) is 2.75. The van der Waals surface area contributed by atoms with Crippen LogP contribution in [0.2, 0.25) is 5.02 Å². The fraction of sp³-hybridized carbons (Fsp3) is 0.357. The van der Waals surface area contributed by atoms with E-state index in [0.717, 1.165) is 0 Å². The maximum Gasteiger partial charge on any atom is 0.260 e. The zero-order chi connectivity index (χ0) is 15.1. The van der Waals surface area contributed by atoms with Crippen LogP contribution in [-0.4, -0.2) is 44.8 Å². The molecule has 0 amide bonds. The van der Waals surface area contributed by atoms with E-state index in [-0.39, 0.29) is 5.56 Å². The van der Waals surface area contributed by atoms with Gasteiger partial charge in [0, 0.05) is 16.6 Å². The summed E-state index contributed by atoms with van der Waals surface area (Å²) in [6, 6.07) is 6.54. The van der Waals surface area contributed by atoms with E-state index in [1.807, 2.05) is 0 Å². The minimum absolute atomic E-state index is 0.362. The van der Waals surface area contributed by atoms with Crippen LogP contribution in [0.25, 0.3) is 10.8 Å². The first-order valence-electron chi connectivity index (χ1n) is 6.46. The van der Waals surface area contributed by atoms with Crippen molar-refractivity contribution in [2.75, 3.05) is 6.61 Å². The Bertz CT molecular complexity index is 731. The van der Waals surface area contributed by atoms with Crippen molar-refractivity contribution < 1.29 is 20.1 Å². The van der Waals surface area contributed by atoms with Crippen molar-refractivity contribution >= 4 is 22.4 Å². The Labute approximate surface area is 124 Å². The number of nitrogens with zero attached hydrogens (tertiary/aromatic N) is 1. The summed E-state index contributed by atoms with van der Waals surface area (Å²) >= 11 is 5.88. The molecule has 4 atom stereocenters. The van der Waals surface area contributed by atoms with E-state index in [9.17, 15) is 15.0 Å². The summed E-state index contributed by atoms with van der Waals surface area (Å²) in [7, 11) is 0. The Morgan fingerprint density at radius 2 is 2.00 bits per heavy atom. The Morgan fingerprint density at radius 1 is 1.24 bits per heavy atom. The smallest absolute Gasteiger partial charge is 0.260 e. The Morgan fingerprint density at radius 3 is 2.67 bits per heavy atom. The van der Waals surface area contributed by atoms with Crippen molar-refractivity contribution in [1.29, 1.82) is 0 Å². The Kier molecular flexibility index (Phi) is 3.73. The third-order valence-corrected chi connectivity index (χ3v) is 3.92. The van der Waals surface area contributed by atoms with Crippen molar-refractivity contribution in [2.45, 2.75) is 24.5 Å². The normalized spacial score (nSPS) is 29.1. The number of hydrogen-bond acceptors (Lipinski definition) is 5. The van der Waals surface area contributed by atoms with Gasteiger partial charge in [-0.15, -0.1) is 0 Å². The van der Waals surface area contributed by atoms with Crippen molar-refractivity contribution in [1.82, 2.24) is 4.57 Å². The highest BCUT2D eigenvalue weighted by atomic mass is 35.5. The van der Waals surface area contributed by atoms with Crippen molar-refractivity contribution in [3.8, 4) is 0 Å². The standard InChI is InChI=1S/C14H14ClNO5/c15-8-1-2-9-7(5-8)3-4-16(13(9)20)14-12(19)11(18)10(6-17)21-14/h1-5,10-12,14,17-19H,6H2/t10-,11-,12+,14-/m1/s1. The topological polar surface area (TPSA) is 91.9 Å². The predicted molar refractivity (Wildman–Crippen MR) is 76.2 cm³/mol. The molecule has 0 aliphatic carbocycles. The molecule has 2 heterocycles. The first-order valence-corrected chi connectivity index (χ1v) is 6.83. The second kappa shape index (κ2) is 5.40. The van der Waals surface area contributed by atoms with Gasteiger partial charge in [-0.2, -0.15) is 0 Å². The predicted octanol–water partition coefficient (Wildman–Crippen LogP) is 0.266. The fourth-order valence-electron chi connectivity index (χ4n) is 2.54. The molecule has 0 radical (unpaired) electrons. The lowest BCUT2D eigenvalue weighted by Gasteiger charge is -2.18. The number of benzene rings is 1. The van der Waals surface area contributed by atoms with Crippen molar-refractivity contribution in [3.63, 3.8) is 0 Å². The van der Waals surface area contributed by atoms with E-state index in [0.29, 0.717) is 15.8 Å². The molecule has 1 fully saturated rings. The highest BCUT2D eigenvalue weighted by Crippen LogP contribution is 2.28. The van der Waals surface area contributed by atoms with Gasteiger partial charge in [-0.05, 0) is 29.7 Å². The summed E-state index contributed by atoms with van der Waals surface area (Å²) in [6.07, 6.45) is -3.01. The summed E-state index contributed by atoms with van der Waals surface area (Å²) in [6.45, 7) is -0.438. The third-order valence-electron chi connectivity index (χ3n) is 3.68. The van der Waals surface area contributed by atoms with E-state index in [2.05, 4.69) is 0 Å². The average molecular weight is 312 g/mol. The van der Waals surface area contributed by atoms with Crippen LogP contribution >= 0.6 is 11.6 Å². The monoisotopic (exact) mass is 311 g/mol. The van der Waals surface area contributed by atoms with Gasteiger partial charge in [0.25, 0.3) is 5.56 Å². The first-order chi connectivity index (χ1) is 10.0. The molecule has 1 aliphatic rings. The van der Waals surface area contributed by atoms with E-state index in [4.69, 9.17) is 21.4 Å². The van der Waals surface area contributed by atoms with E-state index < -0.39 is 31.1 Å². The molecular formula is C14H14ClNO5. The summed E-state index contributed by atoms with van der Waals surface area (Å²) in [4.78, 5) is 12.5. The molecule has 21 heavy (non-hydrogen) atoms. The van der Waals surface area contributed by atoms with Crippen LogP contribution in [0.5, 0.6) is 0 Å². The van der Waals surface area contributed by atoms with Crippen LogP contribution < -0.4 is 5.56 Å². The SMILES string of the molecule is O=c1c2ccc(Cl)cc2ccn1[C@@H]1O[C@H](CO)[C@@H](O)[C@@H]1O. The van der Waals surface area contributed by atoms with Gasteiger partial charge in [-0.1, -0.05) is 11.6 Å². The highest BCUT2D eigenvalue weighted by molar-refractivity contribution is 6.31. The van der Waals surface area contributed by atoms with Crippen LogP contribution in [0.3, 0.4) is 0 Å². The molecule has 3 rings (SSSR count). The van der Waals surface area contributed by atoms with Crippen LogP contribution in [0.4, 0.5) is 0 Å². The lowest BCUT2D eigenvalue weighted by Crippen LogP contribution is -2.35. The summed E-state index contributed by atoms with van der Waals surface area (Å²) < 4.78 is 6.57. The summed E-state index contributed by atoms with van der Waals surface area (Å²) in [5.74, 6) is 0. The number of rotatable bonds is 2. The van der Waals surface area contributed by atoms with Gasteiger partial charge in [0.1, 0.15) is 18.3 Å². The van der Waals surface area contributed by atoms with Crippen molar-refractivity contribution in [2.24, 2.45) is 0 Å². The molecule has 0 saturated carbocycles. The lowest BCUT2D eigenvalue weighted by atomic mass is 10.1. The molecule has 0 unspecified atom stereocenters. The van der Waals surface area contributed by atoms with Crippen LogP contribution in [0, 0.1) is 0 Å². The number of ether oxygens (including phenoxy) is 1. The summed E-state index contributed by atoms with van der Waals surface area (Å²) in [5, 5.41) is 30.5. The second-order valence-electron chi connectivity index (χ2n) is 4.99. The number of fused-ring (bicyclic) bond motifs is 1. The maximum atomic E-state index is 12.5. The Hall–Kier alpha value is -1.44. The number of aromatic nitrogens is 1. The zero-order valence-corrected chi connectivity index (χ0v) is 11.6. The van der Waals surface area contributed by atoms with Crippen LogP contribution in [-0.2, 0) is 4.74 Å². The molecule has 1 saturated heterocycles. The van der Waals surface area contributed by atoms with Gasteiger partial charge in [-0.3, -0.25) is 9.36 Å².